The molecule has 0 amide bonds. The minimum absolute atomic E-state index is 0.355. The van der Waals surface area contributed by atoms with E-state index in [-0.39, 0.29) is 5.82 Å². The third-order valence-corrected chi connectivity index (χ3v) is 1.68. The summed E-state index contributed by atoms with van der Waals surface area (Å²) in [6.07, 6.45) is 2.50. The SMILES string of the molecule is COC(=O)C(=O)/C=C/c1ccc(F)cc1. The highest BCUT2D eigenvalue weighted by atomic mass is 19.1. The first kappa shape index (κ1) is 11.1. The van der Waals surface area contributed by atoms with Crippen molar-refractivity contribution in [1.29, 1.82) is 0 Å². The van der Waals surface area contributed by atoms with Gasteiger partial charge >= 0.3 is 5.97 Å². The lowest BCUT2D eigenvalue weighted by molar-refractivity contribution is -0.149. The first-order valence-electron chi connectivity index (χ1n) is 4.19. The fourth-order valence-corrected chi connectivity index (χ4v) is 0.914. The average molecular weight is 208 g/mol. The summed E-state index contributed by atoms with van der Waals surface area (Å²) in [6, 6.07) is 5.53. The summed E-state index contributed by atoms with van der Waals surface area (Å²) in [7, 11) is 1.13. The summed E-state index contributed by atoms with van der Waals surface area (Å²) in [5.41, 5.74) is 0.633. The summed E-state index contributed by atoms with van der Waals surface area (Å²) in [5.74, 6) is -2.03. The zero-order valence-electron chi connectivity index (χ0n) is 8.07. The number of hydrogen-bond donors (Lipinski definition) is 0. The van der Waals surface area contributed by atoms with E-state index in [0.717, 1.165) is 13.2 Å². The number of methoxy groups -OCH3 is 1. The second-order valence-electron chi connectivity index (χ2n) is 2.74. The van der Waals surface area contributed by atoms with E-state index in [1.54, 1.807) is 0 Å². The van der Waals surface area contributed by atoms with Crippen LogP contribution in [0.5, 0.6) is 0 Å². The number of carbonyl (C=O) groups is 2. The second-order valence-corrected chi connectivity index (χ2v) is 2.74. The number of esters is 1. The molecule has 0 aliphatic carbocycles. The van der Waals surface area contributed by atoms with Gasteiger partial charge in [0, 0.05) is 0 Å². The Hall–Kier alpha value is -1.97. The van der Waals surface area contributed by atoms with E-state index in [9.17, 15) is 14.0 Å². The van der Waals surface area contributed by atoms with E-state index < -0.39 is 11.8 Å². The molecule has 3 nitrogen and oxygen atoms in total. The molecule has 0 saturated heterocycles. The minimum Gasteiger partial charge on any atom is -0.463 e. The number of carbonyl (C=O) groups excluding carboxylic acids is 2. The standard InChI is InChI=1S/C11H9FO3/c1-15-11(14)10(13)7-4-8-2-5-9(12)6-3-8/h2-7H,1H3/b7-4+. The van der Waals surface area contributed by atoms with Crippen molar-refractivity contribution in [3.8, 4) is 0 Å². The van der Waals surface area contributed by atoms with Gasteiger partial charge in [-0.3, -0.25) is 4.79 Å². The van der Waals surface area contributed by atoms with Crippen LogP contribution in [0.2, 0.25) is 0 Å². The minimum atomic E-state index is -0.923. The average Bonchev–Trinajstić information content (AvgIpc) is 2.26. The van der Waals surface area contributed by atoms with Crippen LogP contribution in [0.1, 0.15) is 5.56 Å². The molecular formula is C11H9FO3. The van der Waals surface area contributed by atoms with Crippen LogP contribution in [0.4, 0.5) is 4.39 Å². The van der Waals surface area contributed by atoms with Gasteiger partial charge in [0.25, 0.3) is 5.78 Å². The summed E-state index contributed by atoms with van der Waals surface area (Å²) in [6.45, 7) is 0. The Morgan fingerprint density at radius 3 is 2.40 bits per heavy atom. The first-order valence-corrected chi connectivity index (χ1v) is 4.19. The number of ether oxygens (including phenoxy) is 1. The highest BCUT2D eigenvalue weighted by Crippen LogP contribution is 2.04. The zero-order valence-corrected chi connectivity index (χ0v) is 8.07. The van der Waals surface area contributed by atoms with Gasteiger partial charge in [-0.15, -0.1) is 0 Å². The van der Waals surface area contributed by atoms with Crippen molar-refractivity contribution in [1.82, 2.24) is 0 Å². The van der Waals surface area contributed by atoms with Gasteiger partial charge in [0.1, 0.15) is 5.82 Å². The van der Waals surface area contributed by atoms with E-state index in [2.05, 4.69) is 4.74 Å². The van der Waals surface area contributed by atoms with E-state index in [4.69, 9.17) is 0 Å². The lowest BCUT2D eigenvalue weighted by Gasteiger charge is -1.93. The highest BCUT2D eigenvalue weighted by Gasteiger charge is 2.08. The molecule has 4 heteroatoms. The molecule has 1 aromatic carbocycles. The van der Waals surface area contributed by atoms with Gasteiger partial charge in [-0.05, 0) is 23.8 Å². The third kappa shape index (κ3) is 3.34. The van der Waals surface area contributed by atoms with Crippen molar-refractivity contribution >= 4 is 17.8 Å². The van der Waals surface area contributed by atoms with Crippen molar-refractivity contribution in [3.05, 3.63) is 41.7 Å². The summed E-state index contributed by atoms with van der Waals surface area (Å²) < 4.78 is 16.7. The predicted molar refractivity (Wildman–Crippen MR) is 52.5 cm³/mol. The molecule has 0 N–H and O–H groups in total. The van der Waals surface area contributed by atoms with E-state index >= 15 is 0 Å². The largest absolute Gasteiger partial charge is 0.463 e. The van der Waals surface area contributed by atoms with Crippen LogP contribution in [0.25, 0.3) is 6.08 Å². The molecule has 0 saturated carbocycles. The molecule has 0 aromatic heterocycles. The third-order valence-electron chi connectivity index (χ3n) is 1.68. The van der Waals surface area contributed by atoms with Gasteiger partial charge in [-0.2, -0.15) is 0 Å². The Balaban J connectivity index is 2.69. The molecule has 15 heavy (non-hydrogen) atoms. The number of hydrogen-bond acceptors (Lipinski definition) is 3. The van der Waals surface area contributed by atoms with Crippen LogP contribution in [0.15, 0.2) is 30.3 Å². The second kappa shape index (κ2) is 5.05. The Bertz CT molecular complexity index is 393. The van der Waals surface area contributed by atoms with Crippen LogP contribution in [0.3, 0.4) is 0 Å². The monoisotopic (exact) mass is 208 g/mol. The van der Waals surface area contributed by atoms with Crippen LogP contribution in [0, 0.1) is 5.82 Å². The molecule has 0 atom stereocenters. The van der Waals surface area contributed by atoms with Crippen molar-refractivity contribution in [2.24, 2.45) is 0 Å². The Morgan fingerprint density at radius 2 is 1.87 bits per heavy atom. The lowest BCUT2D eigenvalue weighted by Crippen LogP contribution is -2.12. The highest BCUT2D eigenvalue weighted by molar-refractivity contribution is 6.39. The maximum absolute atomic E-state index is 12.5. The van der Waals surface area contributed by atoms with Crippen molar-refractivity contribution in [2.45, 2.75) is 0 Å². The summed E-state index contributed by atoms with van der Waals surface area (Å²) >= 11 is 0. The molecule has 78 valence electrons. The van der Waals surface area contributed by atoms with E-state index in [0.29, 0.717) is 5.56 Å². The summed E-state index contributed by atoms with van der Waals surface area (Å²) in [4.78, 5) is 21.7. The van der Waals surface area contributed by atoms with Gasteiger partial charge < -0.3 is 4.74 Å². The van der Waals surface area contributed by atoms with Gasteiger partial charge in [0.2, 0.25) is 0 Å². The Kier molecular flexibility index (Phi) is 3.74. The number of benzene rings is 1. The van der Waals surface area contributed by atoms with Gasteiger partial charge in [0.15, 0.2) is 0 Å². The number of halogens is 1. The Labute approximate surface area is 86.2 Å². The fourth-order valence-electron chi connectivity index (χ4n) is 0.914. The molecule has 0 aliphatic rings. The van der Waals surface area contributed by atoms with Gasteiger partial charge in [-0.25, -0.2) is 9.18 Å². The lowest BCUT2D eigenvalue weighted by atomic mass is 10.2. The number of ketones is 1. The van der Waals surface area contributed by atoms with Gasteiger partial charge in [0.05, 0.1) is 7.11 Å². The number of rotatable bonds is 3. The van der Waals surface area contributed by atoms with Crippen LogP contribution >= 0.6 is 0 Å². The normalized spacial score (nSPS) is 10.3. The molecule has 0 bridgehead atoms. The van der Waals surface area contributed by atoms with Crippen LogP contribution < -0.4 is 0 Å². The molecule has 0 aliphatic heterocycles. The van der Waals surface area contributed by atoms with E-state index in [1.165, 1.54) is 30.3 Å². The van der Waals surface area contributed by atoms with Crippen molar-refractivity contribution in [2.75, 3.05) is 7.11 Å². The van der Waals surface area contributed by atoms with Crippen molar-refractivity contribution < 1.29 is 18.7 Å². The summed E-state index contributed by atoms with van der Waals surface area (Å²) in [5, 5.41) is 0. The molecule has 0 spiro atoms. The zero-order chi connectivity index (χ0) is 11.3. The Morgan fingerprint density at radius 1 is 1.27 bits per heavy atom. The molecule has 0 unspecified atom stereocenters. The molecular weight excluding hydrogens is 199 g/mol. The van der Waals surface area contributed by atoms with E-state index in [1.807, 2.05) is 0 Å². The smallest absolute Gasteiger partial charge is 0.378 e. The molecule has 0 fully saturated rings. The van der Waals surface area contributed by atoms with Crippen LogP contribution in [-0.4, -0.2) is 18.9 Å². The quantitative estimate of drug-likeness (QED) is 0.430. The predicted octanol–water partition coefficient (Wildman–Crippen LogP) is 1.58. The maximum Gasteiger partial charge on any atom is 0.378 e. The van der Waals surface area contributed by atoms with Crippen molar-refractivity contribution in [3.63, 3.8) is 0 Å². The van der Waals surface area contributed by atoms with Gasteiger partial charge in [-0.1, -0.05) is 18.2 Å². The molecule has 1 aromatic rings. The van der Waals surface area contributed by atoms with Crippen LogP contribution in [-0.2, 0) is 14.3 Å². The molecule has 1 rings (SSSR count). The topological polar surface area (TPSA) is 43.4 Å². The first-order chi connectivity index (χ1) is 7.13. The molecule has 0 radical (unpaired) electrons. The molecule has 0 heterocycles. The maximum atomic E-state index is 12.5. The fraction of sp³-hybridized carbons (Fsp3) is 0.0909.